The van der Waals surface area contributed by atoms with Crippen molar-refractivity contribution in [2.75, 3.05) is 13.1 Å². The van der Waals surface area contributed by atoms with E-state index in [-0.39, 0.29) is 11.8 Å². The molecule has 1 atom stereocenters. The van der Waals surface area contributed by atoms with Crippen molar-refractivity contribution in [1.29, 1.82) is 5.26 Å². The summed E-state index contributed by atoms with van der Waals surface area (Å²) in [6.45, 7) is 8.69. The third kappa shape index (κ3) is 3.80. The molecular weight excluding hydrogens is 254 g/mol. The Hall–Kier alpha value is -1.41. The molecule has 1 N–H and O–H groups in total. The number of hydrogen-bond acceptors (Lipinski definition) is 4. The van der Waals surface area contributed by atoms with E-state index in [9.17, 15) is 9.59 Å². The van der Waals surface area contributed by atoms with Crippen LogP contribution >= 0.6 is 0 Å². The van der Waals surface area contributed by atoms with Crippen molar-refractivity contribution >= 4 is 11.8 Å². The molecule has 20 heavy (non-hydrogen) atoms. The van der Waals surface area contributed by atoms with Gasteiger partial charge in [0.1, 0.15) is 5.54 Å². The largest absolute Gasteiger partial charge is 0.300 e. The fourth-order valence-electron chi connectivity index (χ4n) is 2.58. The van der Waals surface area contributed by atoms with Crippen molar-refractivity contribution in [3.63, 3.8) is 0 Å². The molecule has 1 unspecified atom stereocenters. The fourth-order valence-corrected chi connectivity index (χ4v) is 2.58. The average Bonchev–Trinajstić information content (AvgIpc) is 2.56. The predicted octanol–water partition coefficient (Wildman–Crippen LogP) is 1.83. The van der Waals surface area contributed by atoms with E-state index in [2.05, 4.69) is 11.4 Å². The highest BCUT2D eigenvalue weighted by Crippen LogP contribution is 2.31. The summed E-state index contributed by atoms with van der Waals surface area (Å²) in [5.74, 6) is -0.146. The molecule has 5 nitrogen and oxygen atoms in total. The van der Waals surface area contributed by atoms with E-state index >= 15 is 0 Å². The molecule has 5 heteroatoms. The van der Waals surface area contributed by atoms with Gasteiger partial charge < -0.3 is 0 Å². The van der Waals surface area contributed by atoms with Crippen LogP contribution in [0.1, 0.15) is 53.4 Å². The number of likely N-dealkylation sites (tertiary alicyclic amines) is 1. The molecule has 0 spiro atoms. The van der Waals surface area contributed by atoms with Crippen molar-refractivity contribution in [2.24, 2.45) is 5.41 Å². The van der Waals surface area contributed by atoms with Crippen molar-refractivity contribution in [3.8, 4) is 6.07 Å². The van der Waals surface area contributed by atoms with Crippen LogP contribution in [-0.4, -0.2) is 35.3 Å². The Balaban J connectivity index is 2.41. The van der Waals surface area contributed by atoms with Crippen LogP contribution in [0.15, 0.2) is 0 Å². The first-order valence-electron chi connectivity index (χ1n) is 7.27. The summed E-state index contributed by atoms with van der Waals surface area (Å²) in [6, 6.07) is 2.28. The lowest BCUT2D eigenvalue weighted by molar-refractivity contribution is -0.140. The first-order chi connectivity index (χ1) is 9.25. The van der Waals surface area contributed by atoms with Gasteiger partial charge in [-0.3, -0.25) is 19.8 Å². The topological polar surface area (TPSA) is 73.2 Å². The summed E-state index contributed by atoms with van der Waals surface area (Å²) in [6.07, 6.45) is 2.58. The Bertz CT molecular complexity index is 425. The predicted molar refractivity (Wildman–Crippen MR) is 76.7 cm³/mol. The van der Waals surface area contributed by atoms with E-state index in [4.69, 9.17) is 5.26 Å². The highest BCUT2D eigenvalue weighted by Gasteiger charge is 2.44. The van der Waals surface area contributed by atoms with E-state index in [1.165, 1.54) is 4.90 Å². The number of amides is 2. The van der Waals surface area contributed by atoms with Gasteiger partial charge in [0.05, 0.1) is 11.5 Å². The van der Waals surface area contributed by atoms with Crippen LogP contribution in [0.25, 0.3) is 0 Å². The van der Waals surface area contributed by atoms with Crippen LogP contribution in [0.2, 0.25) is 0 Å². The number of carbonyl (C=O) groups is 2. The maximum atomic E-state index is 12.0. The third-order valence-electron chi connectivity index (χ3n) is 3.84. The molecule has 0 radical (unpaired) electrons. The molecule has 1 aliphatic heterocycles. The van der Waals surface area contributed by atoms with Gasteiger partial charge in [-0.1, -0.05) is 20.8 Å². The summed E-state index contributed by atoms with van der Waals surface area (Å²) in [5, 5.41) is 12.3. The van der Waals surface area contributed by atoms with Gasteiger partial charge in [-0.25, -0.2) is 0 Å². The quantitative estimate of drug-likeness (QED) is 0.570. The Kier molecular flexibility index (Phi) is 5.29. The Morgan fingerprint density at radius 2 is 2.05 bits per heavy atom. The van der Waals surface area contributed by atoms with Gasteiger partial charge >= 0.3 is 0 Å². The summed E-state index contributed by atoms with van der Waals surface area (Å²) in [5.41, 5.74) is -1.07. The number of rotatable bonds is 7. The average molecular weight is 279 g/mol. The summed E-state index contributed by atoms with van der Waals surface area (Å²) in [7, 11) is 0. The van der Waals surface area contributed by atoms with E-state index in [1.807, 2.05) is 27.7 Å². The van der Waals surface area contributed by atoms with Gasteiger partial charge in [-0.2, -0.15) is 5.26 Å². The number of nitriles is 1. The zero-order chi connectivity index (χ0) is 15.4. The van der Waals surface area contributed by atoms with E-state index < -0.39 is 11.0 Å². The Morgan fingerprint density at radius 3 is 2.50 bits per heavy atom. The van der Waals surface area contributed by atoms with Gasteiger partial charge in [-0.15, -0.1) is 0 Å². The van der Waals surface area contributed by atoms with Crippen LogP contribution in [0.5, 0.6) is 0 Å². The first-order valence-corrected chi connectivity index (χ1v) is 7.27. The van der Waals surface area contributed by atoms with Crippen LogP contribution in [0, 0.1) is 16.7 Å². The molecule has 2 amide bonds. The summed E-state index contributed by atoms with van der Waals surface area (Å²) >= 11 is 0. The van der Waals surface area contributed by atoms with Gasteiger partial charge in [0, 0.05) is 13.0 Å². The highest BCUT2D eigenvalue weighted by molar-refractivity contribution is 6.05. The van der Waals surface area contributed by atoms with E-state index in [0.717, 1.165) is 25.8 Å². The Labute approximate surface area is 121 Å². The van der Waals surface area contributed by atoms with Gasteiger partial charge in [-0.05, 0) is 32.7 Å². The standard InChI is InChI=1S/C15H25N3O2/c1-5-17-15(4,11-16)8-6-7-9-18-12(19)10-14(2,3)13(18)20/h17H,5-10H2,1-4H3. The zero-order valence-corrected chi connectivity index (χ0v) is 13.0. The highest BCUT2D eigenvalue weighted by atomic mass is 16.2. The molecular formula is C15H25N3O2. The minimum Gasteiger partial charge on any atom is -0.300 e. The van der Waals surface area contributed by atoms with E-state index in [0.29, 0.717) is 13.0 Å². The molecule has 1 aliphatic rings. The second-order valence-electron chi connectivity index (χ2n) is 6.34. The molecule has 0 bridgehead atoms. The number of carbonyl (C=O) groups excluding carboxylic acids is 2. The molecule has 0 aromatic carbocycles. The van der Waals surface area contributed by atoms with Gasteiger partial charge in [0.2, 0.25) is 11.8 Å². The maximum Gasteiger partial charge on any atom is 0.235 e. The Morgan fingerprint density at radius 1 is 1.40 bits per heavy atom. The normalized spacial score (nSPS) is 20.9. The second kappa shape index (κ2) is 6.36. The molecule has 0 aliphatic carbocycles. The van der Waals surface area contributed by atoms with Gasteiger partial charge in [0.15, 0.2) is 0 Å². The van der Waals surface area contributed by atoms with Gasteiger partial charge in [0.25, 0.3) is 0 Å². The lowest BCUT2D eigenvalue weighted by Gasteiger charge is -2.23. The smallest absolute Gasteiger partial charge is 0.235 e. The molecule has 0 aromatic heterocycles. The SMILES string of the molecule is CCNC(C)(C#N)CCCCN1C(=O)CC(C)(C)C1=O. The number of imide groups is 1. The third-order valence-corrected chi connectivity index (χ3v) is 3.84. The minimum atomic E-state index is -0.554. The van der Waals surface area contributed by atoms with E-state index in [1.54, 1.807) is 0 Å². The second-order valence-corrected chi connectivity index (χ2v) is 6.34. The monoisotopic (exact) mass is 279 g/mol. The van der Waals surface area contributed by atoms with Crippen molar-refractivity contribution in [3.05, 3.63) is 0 Å². The summed E-state index contributed by atoms with van der Waals surface area (Å²) < 4.78 is 0. The lowest BCUT2D eigenvalue weighted by atomic mass is 9.92. The molecule has 0 aromatic rings. The fraction of sp³-hybridized carbons (Fsp3) is 0.800. The van der Waals surface area contributed by atoms with Crippen molar-refractivity contribution in [1.82, 2.24) is 10.2 Å². The first kappa shape index (κ1) is 16.6. The number of unbranched alkanes of at least 4 members (excludes halogenated alkanes) is 1. The summed E-state index contributed by atoms with van der Waals surface area (Å²) in [4.78, 5) is 25.2. The van der Waals surface area contributed by atoms with Crippen LogP contribution < -0.4 is 5.32 Å². The maximum absolute atomic E-state index is 12.0. The van der Waals surface area contributed by atoms with Crippen molar-refractivity contribution < 1.29 is 9.59 Å². The molecule has 1 rings (SSSR count). The zero-order valence-electron chi connectivity index (χ0n) is 13.0. The lowest BCUT2D eigenvalue weighted by Crippen LogP contribution is -2.41. The number of hydrogen-bond donors (Lipinski definition) is 1. The minimum absolute atomic E-state index is 0.0720. The molecule has 1 fully saturated rings. The molecule has 0 saturated carbocycles. The number of nitrogens with one attached hydrogen (secondary N) is 1. The van der Waals surface area contributed by atoms with Crippen LogP contribution in [0.3, 0.4) is 0 Å². The number of nitrogens with zero attached hydrogens (tertiary/aromatic N) is 2. The van der Waals surface area contributed by atoms with Crippen LogP contribution in [0.4, 0.5) is 0 Å². The van der Waals surface area contributed by atoms with Crippen molar-refractivity contribution in [2.45, 2.75) is 58.9 Å². The molecule has 1 saturated heterocycles. The van der Waals surface area contributed by atoms with Crippen LogP contribution in [-0.2, 0) is 9.59 Å². The molecule has 1 heterocycles. The molecule has 112 valence electrons.